The van der Waals surface area contributed by atoms with Gasteiger partial charge in [0.15, 0.2) is 0 Å². The lowest BCUT2D eigenvalue weighted by Crippen LogP contribution is -2.52. The zero-order valence-electron chi connectivity index (χ0n) is 16.0. The molecule has 0 N–H and O–H groups in total. The molecule has 2 saturated heterocycles. The van der Waals surface area contributed by atoms with Gasteiger partial charge in [-0.3, -0.25) is 9.48 Å². The maximum atomic E-state index is 13.1. The van der Waals surface area contributed by atoms with E-state index in [2.05, 4.69) is 15.2 Å². The van der Waals surface area contributed by atoms with Crippen LogP contribution in [0.5, 0.6) is 0 Å². The summed E-state index contributed by atoms with van der Waals surface area (Å²) >= 11 is 0. The minimum Gasteiger partial charge on any atom is -0.373 e. The van der Waals surface area contributed by atoms with Crippen LogP contribution >= 0.6 is 0 Å². The number of carbonyl (C=O) groups excluding carboxylic acids is 1. The molecule has 8 nitrogen and oxygen atoms in total. The average molecular weight is 373 g/mol. The molecule has 2 aromatic heterocycles. The first-order valence-electron chi connectivity index (χ1n) is 9.68. The molecule has 27 heavy (non-hydrogen) atoms. The molecule has 8 heteroatoms. The molecule has 2 atom stereocenters. The van der Waals surface area contributed by atoms with Crippen LogP contribution in [0.25, 0.3) is 0 Å². The van der Waals surface area contributed by atoms with Gasteiger partial charge in [0.05, 0.1) is 30.6 Å². The van der Waals surface area contributed by atoms with Crippen LogP contribution in [-0.4, -0.2) is 69.5 Å². The zero-order valence-corrected chi connectivity index (χ0v) is 16.0. The third-order valence-electron chi connectivity index (χ3n) is 5.40. The Bertz CT molecular complexity index is 780. The molecule has 0 bridgehead atoms. The fraction of sp³-hybridized carbons (Fsp3) is 0.632. The summed E-state index contributed by atoms with van der Waals surface area (Å²) in [5, 5.41) is 8.19. The van der Waals surface area contributed by atoms with Crippen LogP contribution in [0.1, 0.15) is 47.1 Å². The predicted molar refractivity (Wildman–Crippen MR) is 98.3 cm³/mol. The molecular weight excluding hydrogens is 346 g/mol. The number of ether oxygens (including phenoxy) is 1. The Labute approximate surface area is 159 Å². The van der Waals surface area contributed by atoms with E-state index in [-0.39, 0.29) is 23.8 Å². The first-order chi connectivity index (χ1) is 13.1. The van der Waals surface area contributed by atoms with E-state index in [1.54, 1.807) is 10.7 Å². The molecule has 4 heterocycles. The molecule has 2 aliphatic rings. The van der Waals surface area contributed by atoms with Crippen molar-refractivity contribution >= 4 is 5.91 Å². The molecule has 2 aromatic rings. The van der Waals surface area contributed by atoms with Crippen LogP contribution in [0.2, 0.25) is 0 Å². The predicted octanol–water partition coefficient (Wildman–Crippen LogP) is 1.78. The van der Waals surface area contributed by atoms with Crippen molar-refractivity contribution in [2.24, 2.45) is 7.05 Å². The van der Waals surface area contributed by atoms with Crippen molar-refractivity contribution in [2.75, 3.05) is 32.8 Å². The van der Waals surface area contributed by atoms with Crippen LogP contribution in [0.3, 0.4) is 0 Å². The second-order valence-corrected chi connectivity index (χ2v) is 7.49. The molecule has 1 amide bonds. The maximum absolute atomic E-state index is 13.1. The number of piperidine rings is 1. The Morgan fingerprint density at radius 1 is 1.26 bits per heavy atom. The standard InChI is InChI=1S/C19H27N5O3/c1-14-10-16(27-21-14)19(25)24-8-9-26-17(13-23-6-4-3-5-7-23)18(24)15-11-20-22(2)12-15/h10-12,17-18H,3-9,13H2,1-2H3/t17-,18-/m0/s1. The van der Waals surface area contributed by atoms with Crippen molar-refractivity contribution < 1.29 is 14.1 Å². The average Bonchev–Trinajstić information content (AvgIpc) is 3.30. The van der Waals surface area contributed by atoms with Gasteiger partial charge in [0.2, 0.25) is 5.76 Å². The molecule has 0 spiro atoms. The molecule has 0 saturated carbocycles. The summed E-state index contributed by atoms with van der Waals surface area (Å²) in [6.07, 6.45) is 7.45. The van der Waals surface area contributed by atoms with Gasteiger partial charge in [0.25, 0.3) is 5.91 Å². The summed E-state index contributed by atoms with van der Waals surface area (Å²) < 4.78 is 13.2. The Morgan fingerprint density at radius 2 is 2.07 bits per heavy atom. The largest absolute Gasteiger partial charge is 0.373 e. The zero-order chi connectivity index (χ0) is 18.8. The van der Waals surface area contributed by atoms with Crippen molar-refractivity contribution in [3.63, 3.8) is 0 Å². The molecule has 146 valence electrons. The van der Waals surface area contributed by atoms with Gasteiger partial charge in [-0.15, -0.1) is 0 Å². The summed E-state index contributed by atoms with van der Waals surface area (Å²) in [5.41, 5.74) is 1.69. The van der Waals surface area contributed by atoms with Crippen LogP contribution in [0, 0.1) is 6.92 Å². The Balaban J connectivity index is 1.61. The normalized spacial score (nSPS) is 24.3. The highest BCUT2D eigenvalue weighted by Gasteiger charge is 2.39. The Kier molecular flexibility index (Phi) is 5.27. The smallest absolute Gasteiger partial charge is 0.293 e. The highest BCUT2D eigenvalue weighted by Crippen LogP contribution is 2.32. The molecule has 0 unspecified atom stereocenters. The van der Waals surface area contributed by atoms with Gasteiger partial charge in [0.1, 0.15) is 0 Å². The summed E-state index contributed by atoms with van der Waals surface area (Å²) in [5.74, 6) is 0.136. The highest BCUT2D eigenvalue weighted by molar-refractivity contribution is 5.91. The Morgan fingerprint density at radius 3 is 2.74 bits per heavy atom. The summed E-state index contributed by atoms with van der Waals surface area (Å²) in [7, 11) is 1.89. The molecule has 4 rings (SSSR count). The minimum atomic E-state index is -0.188. The van der Waals surface area contributed by atoms with Crippen LogP contribution in [0.15, 0.2) is 23.0 Å². The van der Waals surface area contributed by atoms with E-state index in [0.717, 1.165) is 25.2 Å². The van der Waals surface area contributed by atoms with E-state index in [1.807, 2.05) is 31.3 Å². The van der Waals surface area contributed by atoms with Gasteiger partial charge in [0, 0.05) is 38.0 Å². The van der Waals surface area contributed by atoms with E-state index < -0.39 is 0 Å². The van der Waals surface area contributed by atoms with Gasteiger partial charge in [-0.05, 0) is 32.9 Å². The number of rotatable bonds is 4. The highest BCUT2D eigenvalue weighted by atomic mass is 16.5. The number of aromatic nitrogens is 3. The number of aryl methyl sites for hydroxylation is 2. The molecule has 0 radical (unpaired) electrons. The van der Waals surface area contributed by atoms with Crippen LogP contribution in [-0.2, 0) is 11.8 Å². The number of morpholine rings is 1. The van der Waals surface area contributed by atoms with Crippen molar-refractivity contribution in [3.05, 3.63) is 35.5 Å². The van der Waals surface area contributed by atoms with Gasteiger partial charge >= 0.3 is 0 Å². The number of carbonyl (C=O) groups is 1. The monoisotopic (exact) mass is 373 g/mol. The minimum absolute atomic E-state index is 0.0889. The SMILES string of the molecule is Cc1cc(C(=O)N2CCO[C@@H](CN3CCCCC3)[C@@H]2c2cnn(C)c2)on1. The van der Waals surface area contributed by atoms with Crippen molar-refractivity contribution in [3.8, 4) is 0 Å². The van der Waals surface area contributed by atoms with Gasteiger partial charge in [-0.2, -0.15) is 5.10 Å². The molecule has 2 aliphatic heterocycles. The van der Waals surface area contributed by atoms with Gasteiger partial charge < -0.3 is 19.1 Å². The van der Waals surface area contributed by atoms with E-state index in [0.29, 0.717) is 18.8 Å². The van der Waals surface area contributed by atoms with Gasteiger partial charge in [-0.25, -0.2) is 0 Å². The first-order valence-corrected chi connectivity index (χ1v) is 9.68. The van der Waals surface area contributed by atoms with E-state index in [9.17, 15) is 4.79 Å². The molecular formula is C19H27N5O3. The third kappa shape index (κ3) is 3.91. The third-order valence-corrected chi connectivity index (χ3v) is 5.40. The molecule has 0 aromatic carbocycles. The lowest BCUT2D eigenvalue weighted by atomic mass is 9.99. The number of nitrogens with zero attached hydrogens (tertiary/aromatic N) is 5. The number of amides is 1. The summed E-state index contributed by atoms with van der Waals surface area (Å²) in [4.78, 5) is 17.4. The second-order valence-electron chi connectivity index (χ2n) is 7.49. The summed E-state index contributed by atoms with van der Waals surface area (Å²) in [6, 6.07) is 1.50. The van der Waals surface area contributed by atoms with Crippen molar-refractivity contribution in [2.45, 2.75) is 38.3 Å². The second kappa shape index (κ2) is 7.82. The van der Waals surface area contributed by atoms with Gasteiger partial charge in [-0.1, -0.05) is 11.6 Å². The van der Waals surface area contributed by atoms with E-state index in [1.165, 1.54) is 19.3 Å². The van der Waals surface area contributed by atoms with E-state index >= 15 is 0 Å². The van der Waals surface area contributed by atoms with Crippen LogP contribution in [0.4, 0.5) is 0 Å². The topological polar surface area (TPSA) is 76.6 Å². The first kappa shape index (κ1) is 18.2. The van der Waals surface area contributed by atoms with Crippen molar-refractivity contribution in [1.82, 2.24) is 24.7 Å². The lowest BCUT2D eigenvalue weighted by Gasteiger charge is -2.42. The number of hydrogen-bond donors (Lipinski definition) is 0. The fourth-order valence-electron chi connectivity index (χ4n) is 4.10. The Hall–Kier alpha value is -2.19. The van der Waals surface area contributed by atoms with E-state index in [4.69, 9.17) is 9.26 Å². The fourth-order valence-corrected chi connectivity index (χ4v) is 4.10. The van der Waals surface area contributed by atoms with Crippen LogP contribution < -0.4 is 0 Å². The number of hydrogen-bond acceptors (Lipinski definition) is 6. The quantitative estimate of drug-likeness (QED) is 0.813. The lowest BCUT2D eigenvalue weighted by molar-refractivity contribution is -0.0749. The number of likely N-dealkylation sites (tertiary alicyclic amines) is 1. The van der Waals surface area contributed by atoms with Crippen molar-refractivity contribution in [1.29, 1.82) is 0 Å². The molecule has 2 fully saturated rings. The molecule has 0 aliphatic carbocycles. The maximum Gasteiger partial charge on any atom is 0.293 e. The summed E-state index contributed by atoms with van der Waals surface area (Å²) in [6.45, 7) is 5.86.